The lowest BCUT2D eigenvalue weighted by atomic mass is 10.1. The van der Waals surface area contributed by atoms with Crippen LogP contribution in [-0.2, 0) is 4.74 Å². The summed E-state index contributed by atoms with van der Waals surface area (Å²) >= 11 is 5.63. The number of benzene rings is 1. The van der Waals surface area contributed by atoms with Gasteiger partial charge in [0.15, 0.2) is 0 Å². The van der Waals surface area contributed by atoms with Crippen LogP contribution in [-0.4, -0.2) is 24.9 Å². The van der Waals surface area contributed by atoms with Crippen molar-refractivity contribution >= 4 is 11.6 Å². The number of ether oxygens (including phenoxy) is 1. The van der Waals surface area contributed by atoms with E-state index in [1.54, 1.807) is 12.1 Å². The summed E-state index contributed by atoms with van der Waals surface area (Å²) in [7, 11) is 0. The zero-order valence-corrected chi connectivity index (χ0v) is 8.88. The first kappa shape index (κ1) is 12.4. The zero-order chi connectivity index (χ0) is 11.3. The molecule has 5 heteroatoms. The van der Waals surface area contributed by atoms with E-state index in [1.165, 1.54) is 6.07 Å². The molecule has 0 spiro atoms. The second-order valence-corrected chi connectivity index (χ2v) is 3.37. The molecule has 0 bridgehead atoms. The van der Waals surface area contributed by atoms with E-state index in [4.69, 9.17) is 27.2 Å². The average molecular weight is 234 g/mol. The second kappa shape index (κ2) is 6.02. The maximum atomic E-state index is 13.5. The minimum atomic E-state index is -0.573. The van der Waals surface area contributed by atoms with Gasteiger partial charge >= 0.3 is 0 Å². The largest absolute Gasteiger partial charge is 0.394 e. The number of halogens is 2. The molecule has 1 atom stereocenters. The van der Waals surface area contributed by atoms with Gasteiger partial charge in [-0.25, -0.2) is 4.39 Å². The van der Waals surface area contributed by atoms with Crippen LogP contribution < -0.4 is 5.73 Å². The number of hydrogen-bond donors (Lipinski definition) is 2. The first-order valence-electron chi connectivity index (χ1n) is 4.57. The second-order valence-electron chi connectivity index (χ2n) is 2.96. The monoisotopic (exact) mass is 233 g/mol. The molecule has 0 aromatic heterocycles. The van der Waals surface area contributed by atoms with E-state index in [1.807, 2.05) is 0 Å². The summed E-state index contributed by atoms with van der Waals surface area (Å²) in [6, 6.07) is 4.65. The number of aliphatic hydroxyl groups is 1. The molecule has 0 amide bonds. The molecule has 0 aliphatic rings. The molecule has 0 aliphatic carbocycles. The fourth-order valence-electron chi connectivity index (χ4n) is 1.25. The maximum absolute atomic E-state index is 13.5. The Morgan fingerprint density at radius 1 is 1.53 bits per heavy atom. The molecule has 1 aromatic carbocycles. The zero-order valence-electron chi connectivity index (χ0n) is 8.12. The van der Waals surface area contributed by atoms with Gasteiger partial charge in [-0.2, -0.15) is 0 Å². The summed E-state index contributed by atoms with van der Waals surface area (Å²) in [6.07, 6.45) is -0.573. The Kier molecular flexibility index (Phi) is 4.98. The molecule has 0 aliphatic heterocycles. The highest BCUT2D eigenvalue weighted by Crippen LogP contribution is 2.24. The van der Waals surface area contributed by atoms with Crippen molar-refractivity contribution in [1.29, 1.82) is 0 Å². The van der Waals surface area contributed by atoms with Crippen molar-refractivity contribution in [2.24, 2.45) is 5.73 Å². The van der Waals surface area contributed by atoms with Gasteiger partial charge in [-0.15, -0.1) is 0 Å². The molecule has 1 rings (SSSR count). The van der Waals surface area contributed by atoms with E-state index in [0.29, 0.717) is 5.56 Å². The topological polar surface area (TPSA) is 55.5 Å². The Hall–Kier alpha value is -0.680. The van der Waals surface area contributed by atoms with E-state index in [-0.39, 0.29) is 24.8 Å². The van der Waals surface area contributed by atoms with E-state index in [2.05, 4.69) is 0 Å². The normalized spacial score (nSPS) is 12.8. The minimum absolute atomic E-state index is 0.0403. The lowest BCUT2D eigenvalue weighted by Gasteiger charge is -2.16. The predicted octanol–water partition coefficient (Wildman–Crippen LogP) is 1.49. The molecular formula is C10H13ClFNO2. The first-order chi connectivity index (χ1) is 7.20. The van der Waals surface area contributed by atoms with Crippen molar-refractivity contribution in [3.05, 3.63) is 34.6 Å². The Bertz CT molecular complexity index is 322. The maximum Gasteiger partial charge on any atom is 0.147 e. The third-order valence-corrected chi connectivity index (χ3v) is 2.24. The van der Waals surface area contributed by atoms with E-state index >= 15 is 0 Å². The Balaban J connectivity index is 2.86. The van der Waals surface area contributed by atoms with Crippen LogP contribution in [0.3, 0.4) is 0 Å². The van der Waals surface area contributed by atoms with Gasteiger partial charge in [0, 0.05) is 12.1 Å². The Labute approximate surface area is 92.6 Å². The van der Waals surface area contributed by atoms with Gasteiger partial charge in [0.05, 0.1) is 24.3 Å². The van der Waals surface area contributed by atoms with Crippen molar-refractivity contribution in [2.75, 3.05) is 19.8 Å². The Morgan fingerprint density at radius 3 is 2.87 bits per heavy atom. The number of hydrogen-bond acceptors (Lipinski definition) is 3. The molecular weight excluding hydrogens is 221 g/mol. The van der Waals surface area contributed by atoms with Gasteiger partial charge in [-0.05, 0) is 6.07 Å². The smallest absolute Gasteiger partial charge is 0.147 e. The quantitative estimate of drug-likeness (QED) is 0.810. The van der Waals surface area contributed by atoms with Crippen LogP contribution in [0.25, 0.3) is 0 Å². The van der Waals surface area contributed by atoms with Crippen LogP contribution >= 0.6 is 11.6 Å². The number of rotatable bonds is 5. The third-order valence-electron chi connectivity index (χ3n) is 1.95. The molecule has 3 N–H and O–H groups in total. The molecule has 0 saturated carbocycles. The molecule has 0 radical (unpaired) electrons. The minimum Gasteiger partial charge on any atom is -0.394 e. The lowest BCUT2D eigenvalue weighted by molar-refractivity contribution is 0.0310. The predicted molar refractivity (Wildman–Crippen MR) is 56.2 cm³/mol. The summed E-state index contributed by atoms with van der Waals surface area (Å²) in [4.78, 5) is 0. The molecule has 3 nitrogen and oxygen atoms in total. The molecule has 0 heterocycles. The highest BCUT2D eigenvalue weighted by molar-refractivity contribution is 6.30. The van der Waals surface area contributed by atoms with Crippen LogP contribution in [0.15, 0.2) is 18.2 Å². The summed E-state index contributed by atoms with van der Waals surface area (Å²) in [5.74, 6) is -0.521. The summed E-state index contributed by atoms with van der Waals surface area (Å²) in [5, 5.41) is 8.64. The fraction of sp³-hybridized carbons (Fsp3) is 0.400. The van der Waals surface area contributed by atoms with Crippen molar-refractivity contribution < 1.29 is 14.2 Å². The molecule has 1 unspecified atom stereocenters. The highest BCUT2D eigenvalue weighted by Gasteiger charge is 2.16. The van der Waals surface area contributed by atoms with Gasteiger partial charge in [-0.1, -0.05) is 23.7 Å². The van der Waals surface area contributed by atoms with E-state index < -0.39 is 11.9 Å². The molecule has 1 aromatic rings. The van der Waals surface area contributed by atoms with Gasteiger partial charge < -0.3 is 15.6 Å². The van der Waals surface area contributed by atoms with Crippen LogP contribution in [0.2, 0.25) is 5.02 Å². The SMILES string of the molecule is NCC(OCCO)c1cccc(Cl)c1F. The first-order valence-corrected chi connectivity index (χ1v) is 4.95. The Morgan fingerprint density at radius 2 is 2.27 bits per heavy atom. The van der Waals surface area contributed by atoms with Crippen molar-refractivity contribution in [3.8, 4) is 0 Å². The number of nitrogens with two attached hydrogens (primary N) is 1. The molecule has 84 valence electrons. The van der Waals surface area contributed by atoms with Crippen LogP contribution in [0, 0.1) is 5.82 Å². The van der Waals surface area contributed by atoms with E-state index in [0.717, 1.165) is 0 Å². The standard InChI is InChI=1S/C10H13ClFNO2/c11-8-3-1-2-7(10(8)12)9(6-13)15-5-4-14/h1-3,9,14H,4-6,13H2. The van der Waals surface area contributed by atoms with Crippen LogP contribution in [0.1, 0.15) is 11.7 Å². The summed E-state index contributed by atoms with van der Waals surface area (Å²) in [5.41, 5.74) is 5.77. The fourth-order valence-corrected chi connectivity index (χ4v) is 1.43. The molecule has 0 saturated heterocycles. The van der Waals surface area contributed by atoms with Crippen molar-refractivity contribution in [1.82, 2.24) is 0 Å². The van der Waals surface area contributed by atoms with Crippen LogP contribution in [0.5, 0.6) is 0 Å². The lowest BCUT2D eigenvalue weighted by Crippen LogP contribution is -2.18. The van der Waals surface area contributed by atoms with Gasteiger partial charge in [-0.3, -0.25) is 0 Å². The third kappa shape index (κ3) is 3.14. The van der Waals surface area contributed by atoms with Crippen LogP contribution in [0.4, 0.5) is 4.39 Å². The van der Waals surface area contributed by atoms with Gasteiger partial charge in [0.2, 0.25) is 0 Å². The van der Waals surface area contributed by atoms with Crippen molar-refractivity contribution in [3.63, 3.8) is 0 Å². The van der Waals surface area contributed by atoms with Gasteiger partial charge in [0.1, 0.15) is 5.82 Å². The van der Waals surface area contributed by atoms with E-state index in [9.17, 15) is 4.39 Å². The summed E-state index contributed by atoms with van der Waals surface area (Å²) < 4.78 is 18.7. The number of aliphatic hydroxyl groups excluding tert-OH is 1. The molecule has 0 fully saturated rings. The summed E-state index contributed by atoms with van der Waals surface area (Å²) in [6.45, 7) is 0.129. The highest BCUT2D eigenvalue weighted by atomic mass is 35.5. The molecule has 15 heavy (non-hydrogen) atoms. The van der Waals surface area contributed by atoms with Crippen molar-refractivity contribution in [2.45, 2.75) is 6.10 Å². The average Bonchev–Trinajstić information content (AvgIpc) is 2.25. The van der Waals surface area contributed by atoms with Gasteiger partial charge in [0.25, 0.3) is 0 Å².